The first kappa shape index (κ1) is 18.4. The molecule has 0 amide bonds. The number of rotatable bonds is 12. The van der Waals surface area contributed by atoms with E-state index >= 15 is 0 Å². The second kappa shape index (κ2) is 12.5. The molecule has 3 heteroatoms. The van der Waals surface area contributed by atoms with E-state index in [-0.39, 0.29) is 6.29 Å². The maximum atomic E-state index is 5.74. The Morgan fingerprint density at radius 2 is 1.61 bits per heavy atom. The third-order valence-electron chi connectivity index (χ3n) is 4.24. The highest BCUT2D eigenvalue weighted by Crippen LogP contribution is 2.14. The molecule has 130 valence electrons. The van der Waals surface area contributed by atoms with Crippen molar-refractivity contribution in [3.63, 3.8) is 0 Å². The van der Waals surface area contributed by atoms with Crippen molar-refractivity contribution in [3.05, 3.63) is 35.9 Å². The van der Waals surface area contributed by atoms with Crippen LogP contribution in [-0.2, 0) is 20.8 Å². The molecule has 3 nitrogen and oxygen atoms in total. The molecule has 0 spiro atoms. The average molecular weight is 320 g/mol. The van der Waals surface area contributed by atoms with Gasteiger partial charge in [0.2, 0.25) is 0 Å². The lowest BCUT2D eigenvalue weighted by molar-refractivity contribution is -0.162. The molecule has 0 radical (unpaired) electrons. The van der Waals surface area contributed by atoms with Crippen LogP contribution in [0.3, 0.4) is 0 Å². The summed E-state index contributed by atoms with van der Waals surface area (Å²) in [7, 11) is 0. The summed E-state index contributed by atoms with van der Waals surface area (Å²) in [6, 6.07) is 10.4. The van der Waals surface area contributed by atoms with Crippen LogP contribution in [0, 0.1) is 0 Å². The molecule has 0 aromatic heterocycles. The Bertz CT molecular complexity index is 374. The van der Waals surface area contributed by atoms with E-state index in [9.17, 15) is 0 Å². The third kappa shape index (κ3) is 9.09. The smallest absolute Gasteiger partial charge is 0.157 e. The lowest BCUT2D eigenvalue weighted by atomic mass is 10.1. The van der Waals surface area contributed by atoms with Gasteiger partial charge in [0.1, 0.15) is 0 Å². The van der Waals surface area contributed by atoms with E-state index in [1.54, 1.807) is 0 Å². The monoisotopic (exact) mass is 320 g/mol. The van der Waals surface area contributed by atoms with Crippen LogP contribution in [0.2, 0.25) is 0 Å². The zero-order valence-electron chi connectivity index (χ0n) is 14.4. The minimum absolute atomic E-state index is 0.0745. The fourth-order valence-electron chi connectivity index (χ4n) is 2.83. The molecule has 23 heavy (non-hydrogen) atoms. The summed E-state index contributed by atoms with van der Waals surface area (Å²) in [5, 5.41) is 0. The van der Waals surface area contributed by atoms with E-state index in [1.165, 1.54) is 50.5 Å². The molecular weight excluding hydrogens is 288 g/mol. The molecular formula is C20H32O3. The van der Waals surface area contributed by atoms with Gasteiger partial charge in [-0.3, -0.25) is 0 Å². The summed E-state index contributed by atoms with van der Waals surface area (Å²) in [5.41, 5.74) is 1.26. The fourth-order valence-corrected chi connectivity index (χ4v) is 2.83. The van der Waals surface area contributed by atoms with Crippen molar-refractivity contribution in [1.29, 1.82) is 0 Å². The molecule has 1 saturated heterocycles. The van der Waals surface area contributed by atoms with E-state index in [0.29, 0.717) is 0 Å². The average Bonchev–Trinajstić information content (AvgIpc) is 2.61. The lowest BCUT2D eigenvalue weighted by Crippen LogP contribution is -2.22. The van der Waals surface area contributed by atoms with E-state index in [0.717, 1.165) is 39.3 Å². The number of hydrogen-bond donors (Lipinski definition) is 0. The van der Waals surface area contributed by atoms with Crippen LogP contribution in [0.15, 0.2) is 30.3 Å². The molecule has 0 aliphatic carbocycles. The Morgan fingerprint density at radius 3 is 2.35 bits per heavy atom. The highest BCUT2D eigenvalue weighted by atomic mass is 16.7. The lowest BCUT2D eigenvalue weighted by Gasteiger charge is -2.22. The molecule has 1 aromatic rings. The maximum Gasteiger partial charge on any atom is 0.157 e. The van der Waals surface area contributed by atoms with Crippen molar-refractivity contribution in [2.24, 2.45) is 0 Å². The maximum absolute atomic E-state index is 5.74. The van der Waals surface area contributed by atoms with Gasteiger partial charge in [0.25, 0.3) is 0 Å². The van der Waals surface area contributed by atoms with Gasteiger partial charge in [0.15, 0.2) is 6.29 Å². The van der Waals surface area contributed by atoms with Crippen LogP contribution < -0.4 is 0 Å². The highest BCUT2D eigenvalue weighted by molar-refractivity contribution is 5.13. The summed E-state index contributed by atoms with van der Waals surface area (Å²) in [4.78, 5) is 0. The van der Waals surface area contributed by atoms with E-state index < -0.39 is 0 Å². The Balaban J connectivity index is 1.30. The molecule has 1 aliphatic rings. The second-order valence-corrected chi connectivity index (χ2v) is 6.33. The zero-order valence-corrected chi connectivity index (χ0v) is 14.4. The van der Waals surface area contributed by atoms with Crippen LogP contribution in [0.5, 0.6) is 0 Å². The predicted octanol–water partition coefficient (Wildman–Crippen LogP) is 5.09. The molecule has 0 N–H and O–H groups in total. The summed E-state index contributed by atoms with van der Waals surface area (Å²) in [5.74, 6) is 0. The van der Waals surface area contributed by atoms with Gasteiger partial charge in [0, 0.05) is 19.8 Å². The number of hydrogen-bond acceptors (Lipinski definition) is 3. The van der Waals surface area contributed by atoms with Gasteiger partial charge in [0.05, 0.1) is 6.61 Å². The molecule has 1 heterocycles. The van der Waals surface area contributed by atoms with E-state index in [2.05, 4.69) is 24.3 Å². The van der Waals surface area contributed by atoms with Gasteiger partial charge in [-0.2, -0.15) is 0 Å². The minimum Gasteiger partial charge on any atom is -0.377 e. The van der Waals surface area contributed by atoms with Crippen LogP contribution in [0.25, 0.3) is 0 Å². The van der Waals surface area contributed by atoms with Gasteiger partial charge in [-0.25, -0.2) is 0 Å². The van der Waals surface area contributed by atoms with Crippen molar-refractivity contribution in [2.45, 2.75) is 70.7 Å². The van der Waals surface area contributed by atoms with Crippen LogP contribution in [0.4, 0.5) is 0 Å². The Morgan fingerprint density at radius 1 is 0.870 bits per heavy atom. The summed E-state index contributed by atoms with van der Waals surface area (Å²) < 4.78 is 17.0. The first-order chi connectivity index (χ1) is 11.4. The van der Waals surface area contributed by atoms with Crippen molar-refractivity contribution >= 4 is 0 Å². The minimum atomic E-state index is 0.0745. The molecule has 0 bridgehead atoms. The van der Waals surface area contributed by atoms with Crippen LogP contribution in [0.1, 0.15) is 63.4 Å². The Kier molecular flexibility index (Phi) is 10.0. The quantitative estimate of drug-likeness (QED) is 0.502. The van der Waals surface area contributed by atoms with Gasteiger partial charge in [-0.15, -0.1) is 0 Å². The van der Waals surface area contributed by atoms with Crippen molar-refractivity contribution < 1.29 is 14.2 Å². The SMILES string of the molecule is c1ccc(COCCCCCCCCOC2CCCCO2)cc1. The molecule has 0 saturated carbocycles. The first-order valence-corrected chi connectivity index (χ1v) is 9.30. The van der Waals surface area contributed by atoms with Crippen molar-refractivity contribution in [3.8, 4) is 0 Å². The topological polar surface area (TPSA) is 27.7 Å². The molecule has 1 unspecified atom stereocenters. The third-order valence-corrected chi connectivity index (χ3v) is 4.24. The van der Waals surface area contributed by atoms with E-state index in [1.807, 2.05) is 6.07 Å². The fraction of sp³-hybridized carbons (Fsp3) is 0.700. The number of ether oxygens (including phenoxy) is 3. The number of benzene rings is 1. The summed E-state index contributed by atoms with van der Waals surface area (Å²) in [6.07, 6.45) is 11.0. The second-order valence-electron chi connectivity index (χ2n) is 6.33. The summed E-state index contributed by atoms with van der Waals surface area (Å²) >= 11 is 0. The normalized spacial score (nSPS) is 18.2. The molecule has 2 rings (SSSR count). The van der Waals surface area contributed by atoms with Gasteiger partial charge >= 0.3 is 0 Å². The van der Waals surface area contributed by atoms with Crippen molar-refractivity contribution in [2.75, 3.05) is 19.8 Å². The summed E-state index contributed by atoms with van der Waals surface area (Å²) in [6.45, 7) is 3.33. The Hall–Kier alpha value is -0.900. The largest absolute Gasteiger partial charge is 0.377 e. The van der Waals surface area contributed by atoms with Gasteiger partial charge in [-0.05, 0) is 37.7 Å². The predicted molar refractivity (Wildman–Crippen MR) is 93.3 cm³/mol. The molecule has 1 atom stereocenters. The number of unbranched alkanes of at least 4 members (excludes halogenated alkanes) is 5. The molecule has 1 aromatic carbocycles. The Labute approximate surface area is 141 Å². The van der Waals surface area contributed by atoms with Gasteiger partial charge < -0.3 is 14.2 Å². The standard InChI is InChI=1S/C20H32O3/c1(2-4-10-16-22-20-14-8-11-17-23-20)3-9-15-21-18-19-12-6-5-7-13-19/h5-7,12-13,20H,1-4,8-11,14-18H2. The van der Waals surface area contributed by atoms with Crippen LogP contribution in [-0.4, -0.2) is 26.1 Å². The molecule has 1 aliphatic heterocycles. The van der Waals surface area contributed by atoms with E-state index in [4.69, 9.17) is 14.2 Å². The zero-order chi connectivity index (χ0) is 16.0. The highest BCUT2D eigenvalue weighted by Gasteiger charge is 2.13. The van der Waals surface area contributed by atoms with Gasteiger partial charge in [-0.1, -0.05) is 56.0 Å². The van der Waals surface area contributed by atoms with Crippen LogP contribution >= 0.6 is 0 Å². The van der Waals surface area contributed by atoms with Crippen molar-refractivity contribution in [1.82, 2.24) is 0 Å². The first-order valence-electron chi connectivity index (χ1n) is 9.30. The molecule has 1 fully saturated rings.